The number of amides is 1. The van der Waals surface area contributed by atoms with Crippen LogP contribution in [0.1, 0.15) is 18.1 Å². The van der Waals surface area contributed by atoms with Crippen molar-refractivity contribution in [2.24, 2.45) is 0 Å². The zero-order chi connectivity index (χ0) is 18.7. The fraction of sp³-hybridized carbons (Fsp3) is 0.158. The van der Waals surface area contributed by atoms with Crippen LogP contribution in [-0.4, -0.2) is 26.8 Å². The molecule has 1 saturated heterocycles. The summed E-state index contributed by atoms with van der Waals surface area (Å²) in [6, 6.07) is 13.3. The lowest BCUT2D eigenvalue weighted by molar-refractivity contribution is -0.122. The van der Waals surface area contributed by atoms with Gasteiger partial charge in [0.25, 0.3) is 5.91 Å². The first-order valence-electron chi connectivity index (χ1n) is 7.94. The van der Waals surface area contributed by atoms with Crippen molar-refractivity contribution in [3.8, 4) is 11.5 Å². The van der Waals surface area contributed by atoms with Crippen molar-refractivity contribution in [3.63, 3.8) is 0 Å². The Morgan fingerprint density at radius 3 is 2.73 bits per heavy atom. The Morgan fingerprint density at radius 1 is 1.31 bits per heavy atom. The van der Waals surface area contributed by atoms with Crippen LogP contribution in [0.2, 0.25) is 0 Å². The Bertz CT molecular complexity index is 884. The van der Waals surface area contributed by atoms with Gasteiger partial charge in [0.05, 0.1) is 21.6 Å². The molecule has 4 nitrogen and oxygen atoms in total. The molecule has 3 rings (SSSR count). The Labute approximate surface area is 175 Å². The van der Waals surface area contributed by atoms with Crippen molar-refractivity contribution in [2.75, 3.05) is 6.61 Å². The summed E-state index contributed by atoms with van der Waals surface area (Å²) in [5, 5.41) is 10.1. The van der Waals surface area contributed by atoms with E-state index in [9.17, 15) is 9.90 Å². The maximum atomic E-state index is 12.8. The number of thiocarbonyl (C=S) groups is 1. The highest BCUT2D eigenvalue weighted by molar-refractivity contribution is 14.1. The van der Waals surface area contributed by atoms with Crippen molar-refractivity contribution in [2.45, 2.75) is 13.5 Å². The third-order valence-electron chi connectivity index (χ3n) is 3.71. The first-order valence-corrected chi connectivity index (χ1v) is 10.2. The van der Waals surface area contributed by atoms with E-state index in [4.69, 9.17) is 17.0 Å². The SMILES string of the molecule is CCOc1cc(/C=C2/SC(=S)N(Cc3ccccc3)C2=O)cc(I)c1O. The third-order valence-corrected chi connectivity index (χ3v) is 5.91. The molecule has 0 bridgehead atoms. The molecule has 1 heterocycles. The number of nitrogens with zero attached hydrogens (tertiary/aromatic N) is 1. The molecular weight excluding hydrogens is 481 g/mol. The number of phenols is 1. The lowest BCUT2D eigenvalue weighted by atomic mass is 10.1. The number of hydrogen-bond donors (Lipinski definition) is 1. The molecule has 2 aromatic carbocycles. The predicted octanol–water partition coefficient (Wildman–Crippen LogP) is 4.80. The summed E-state index contributed by atoms with van der Waals surface area (Å²) in [6.07, 6.45) is 1.79. The molecule has 7 heteroatoms. The van der Waals surface area contributed by atoms with Crippen LogP contribution in [0.5, 0.6) is 11.5 Å². The molecule has 0 radical (unpaired) electrons. The molecule has 2 aromatic rings. The van der Waals surface area contributed by atoms with E-state index in [0.29, 0.717) is 31.7 Å². The third kappa shape index (κ3) is 4.21. The highest BCUT2D eigenvalue weighted by Gasteiger charge is 2.32. The summed E-state index contributed by atoms with van der Waals surface area (Å²) in [4.78, 5) is 14.9. The Hall–Kier alpha value is -1.58. The average molecular weight is 497 g/mol. The number of carbonyl (C=O) groups is 1. The molecule has 1 fully saturated rings. The molecule has 0 unspecified atom stereocenters. The van der Waals surface area contributed by atoms with E-state index in [0.717, 1.165) is 11.1 Å². The Balaban J connectivity index is 1.86. The van der Waals surface area contributed by atoms with Gasteiger partial charge in [-0.2, -0.15) is 0 Å². The topological polar surface area (TPSA) is 49.8 Å². The zero-order valence-electron chi connectivity index (χ0n) is 13.9. The van der Waals surface area contributed by atoms with E-state index < -0.39 is 0 Å². The second-order valence-corrected chi connectivity index (χ2v) is 8.37. The first kappa shape index (κ1) is 19.2. The summed E-state index contributed by atoms with van der Waals surface area (Å²) in [6.45, 7) is 2.76. The van der Waals surface area contributed by atoms with E-state index >= 15 is 0 Å². The van der Waals surface area contributed by atoms with Gasteiger partial charge in [0, 0.05) is 0 Å². The van der Waals surface area contributed by atoms with Gasteiger partial charge >= 0.3 is 0 Å². The van der Waals surface area contributed by atoms with E-state index in [1.165, 1.54) is 11.8 Å². The summed E-state index contributed by atoms with van der Waals surface area (Å²) in [7, 11) is 0. The minimum Gasteiger partial charge on any atom is -0.504 e. The lowest BCUT2D eigenvalue weighted by Crippen LogP contribution is -2.27. The van der Waals surface area contributed by atoms with Crippen molar-refractivity contribution in [1.82, 2.24) is 4.90 Å². The van der Waals surface area contributed by atoms with Gasteiger partial charge in [-0.25, -0.2) is 0 Å². The normalized spacial score (nSPS) is 15.8. The molecule has 0 aromatic heterocycles. The maximum Gasteiger partial charge on any atom is 0.266 e. The van der Waals surface area contributed by atoms with Crippen molar-refractivity contribution in [1.29, 1.82) is 0 Å². The second-order valence-electron chi connectivity index (χ2n) is 5.54. The van der Waals surface area contributed by atoms with Gasteiger partial charge in [0.1, 0.15) is 4.32 Å². The molecule has 1 N–H and O–H groups in total. The molecular formula is C19H16INO3S2. The Morgan fingerprint density at radius 2 is 2.04 bits per heavy atom. The fourth-order valence-electron chi connectivity index (χ4n) is 2.50. The highest BCUT2D eigenvalue weighted by Crippen LogP contribution is 2.37. The van der Waals surface area contributed by atoms with Crippen molar-refractivity contribution in [3.05, 3.63) is 62.1 Å². The number of halogens is 1. The van der Waals surface area contributed by atoms with Crippen LogP contribution in [-0.2, 0) is 11.3 Å². The van der Waals surface area contributed by atoms with Gasteiger partial charge < -0.3 is 9.84 Å². The van der Waals surface area contributed by atoms with Gasteiger partial charge in [-0.15, -0.1) is 0 Å². The van der Waals surface area contributed by atoms with Gasteiger partial charge in [-0.3, -0.25) is 9.69 Å². The van der Waals surface area contributed by atoms with Crippen molar-refractivity contribution < 1.29 is 14.6 Å². The quantitative estimate of drug-likeness (QED) is 0.366. The molecule has 26 heavy (non-hydrogen) atoms. The number of rotatable bonds is 5. The van der Waals surface area contributed by atoms with E-state index in [1.54, 1.807) is 17.0 Å². The maximum absolute atomic E-state index is 12.8. The average Bonchev–Trinajstić information content (AvgIpc) is 2.88. The summed E-state index contributed by atoms with van der Waals surface area (Å²) >= 11 is 8.72. The zero-order valence-corrected chi connectivity index (χ0v) is 17.7. The van der Waals surface area contributed by atoms with Crippen LogP contribution >= 0.6 is 46.6 Å². The summed E-state index contributed by atoms with van der Waals surface area (Å²) < 4.78 is 6.67. The number of hydrogen-bond acceptors (Lipinski definition) is 5. The molecule has 1 aliphatic heterocycles. The molecule has 0 atom stereocenters. The van der Waals surface area contributed by atoms with E-state index in [2.05, 4.69) is 0 Å². The number of carbonyl (C=O) groups excluding carboxylic acids is 1. The van der Waals surface area contributed by atoms with Gasteiger partial charge in [0.2, 0.25) is 0 Å². The molecule has 1 aliphatic rings. The standard InChI is InChI=1S/C19H16INO3S2/c1-2-24-15-9-13(8-14(20)17(15)22)10-16-18(23)21(19(25)26-16)11-12-6-4-3-5-7-12/h3-10,22H,2,11H2,1H3/b16-10+. The summed E-state index contributed by atoms with van der Waals surface area (Å²) in [5.41, 5.74) is 1.82. The summed E-state index contributed by atoms with van der Waals surface area (Å²) in [5.74, 6) is 0.413. The fourth-order valence-corrected chi connectivity index (χ4v) is 4.38. The van der Waals surface area contributed by atoms with Gasteiger partial charge in [-0.05, 0) is 58.9 Å². The number of aromatic hydroxyl groups is 1. The number of ether oxygens (including phenoxy) is 1. The van der Waals surface area contributed by atoms with Crippen LogP contribution in [0.15, 0.2) is 47.4 Å². The Kier molecular flexibility index (Phi) is 6.20. The van der Waals surface area contributed by atoms with Crippen LogP contribution in [0.3, 0.4) is 0 Å². The largest absolute Gasteiger partial charge is 0.504 e. The molecule has 134 valence electrons. The number of thioether (sulfide) groups is 1. The van der Waals surface area contributed by atoms with Gasteiger partial charge in [-0.1, -0.05) is 54.3 Å². The highest BCUT2D eigenvalue weighted by atomic mass is 127. The van der Waals surface area contributed by atoms with Gasteiger partial charge in [0.15, 0.2) is 11.5 Å². The molecule has 0 saturated carbocycles. The monoisotopic (exact) mass is 497 g/mol. The van der Waals surface area contributed by atoms with Crippen LogP contribution in [0.4, 0.5) is 0 Å². The van der Waals surface area contributed by atoms with Crippen LogP contribution in [0, 0.1) is 3.57 Å². The van der Waals surface area contributed by atoms with Crippen LogP contribution in [0.25, 0.3) is 6.08 Å². The second kappa shape index (κ2) is 8.41. The smallest absolute Gasteiger partial charge is 0.266 e. The number of phenolic OH excluding ortho intramolecular Hbond substituents is 1. The molecule has 0 aliphatic carbocycles. The molecule has 1 amide bonds. The minimum atomic E-state index is -0.107. The number of benzene rings is 2. The van der Waals surface area contributed by atoms with E-state index in [-0.39, 0.29) is 11.7 Å². The minimum absolute atomic E-state index is 0.107. The first-order chi connectivity index (χ1) is 12.5. The van der Waals surface area contributed by atoms with E-state index in [1.807, 2.05) is 65.9 Å². The van der Waals surface area contributed by atoms with Crippen molar-refractivity contribution >= 4 is 62.9 Å². The predicted molar refractivity (Wildman–Crippen MR) is 117 cm³/mol. The lowest BCUT2D eigenvalue weighted by Gasteiger charge is -2.14. The molecule has 0 spiro atoms. The van der Waals surface area contributed by atoms with Crippen LogP contribution < -0.4 is 4.74 Å².